The second kappa shape index (κ2) is 12.1. The Hall–Kier alpha value is -3.39. The van der Waals surface area contributed by atoms with Crippen molar-refractivity contribution < 1.29 is 24.2 Å². The first kappa shape index (κ1) is 23.6. The average molecular weight is 403 g/mol. The number of aromatic hydroxyl groups is 1. The summed E-state index contributed by atoms with van der Waals surface area (Å²) in [7, 11) is 1.85. The van der Waals surface area contributed by atoms with E-state index in [1.54, 1.807) is 12.1 Å². The molecule has 1 heterocycles. The smallest absolute Gasteiger partial charge is 0.290 e. The molecule has 4 N–H and O–H groups in total. The number of fused-ring (bicyclic) bond motifs is 1. The second-order valence-electron chi connectivity index (χ2n) is 5.87. The third-order valence-electron chi connectivity index (χ3n) is 4.09. The predicted molar refractivity (Wildman–Crippen MR) is 111 cm³/mol. The number of hydrazine groups is 1. The fraction of sp³-hybridized carbons (Fsp3) is 0.238. The molecule has 0 saturated carbocycles. The standard InChI is InChI=1S/C17H18FN3O.C3H6O.CH2O2/c1-11-13-6-4-7-15(14(13)10-21(11)19-2)20-9-12-5-3-8-16(22)17(12)18;1-2-3-4;2-1-3/h3-8,19-20,22H,1,9-10H2,2H3;3H,2H2,1H3;1H,(H,2,3). The molecule has 1 aliphatic rings. The van der Waals surface area contributed by atoms with Crippen molar-refractivity contribution >= 4 is 24.1 Å². The summed E-state index contributed by atoms with van der Waals surface area (Å²) in [6.07, 6.45) is 1.51. The quantitative estimate of drug-likeness (QED) is 0.568. The number of phenols is 1. The molecule has 0 spiro atoms. The van der Waals surface area contributed by atoms with Crippen LogP contribution in [0.5, 0.6) is 5.75 Å². The molecule has 1 aliphatic heterocycles. The van der Waals surface area contributed by atoms with Gasteiger partial charge in [-0.1, -0.05) is 37.8 Å². The molecule has 0 aromatic heterocycles. The molecule has 2 aromatic rings. The molecule has 29 heavy (non-hydrogen) atoms. The summed E-state index contributed by atoms with van der Waals surface area (Å²) in [5, 5.41) is 21.5. The number of hydrogen-bond acceptors (Lipinski definition) is 6. The van der Waals surface area contributed by atoms with Gasteiger partial charge in [-0.2, -0.15) is 0 Å². The highest BCUT2D eigenvalue weighted by atomic mass is 19.1. The number of nitrogens with one attached hydrogen (secondary N) is 2. The Morgan fingerprint density at radius 3 is 2.45 bits per heavy atom. The number of carbonyl (C=O) groups is 2. The molecule has 7 nitrogen and oxygen atoms in total. The number of anilines is 1. The number of carboxylic acid groups (broad SMARTS) is 1. The molecule has 0 unspecified atom stereocenters. The normalized spacial score (nSPS) is 11.4. The predicted octanol–water partition coefficient (Wildman–Crippen LogP) is 3.36. The van der Waals surface area contributed by atoms with Crippen molar-refractivity contribution in [3.8, 4) is 5.75 Å². The lowest BCUT2D eigenvalue weighted by atomic mass is 10.1. The number of hydrogen-bond donors (Lipinski definition) is 4. The fourth-order valence-electron chi connectivity index (χ4n) is 2.70. The third-order valence-corrected chi connectivity index (χ3v) is 4.09. The molecule has 0 amide bonds. The Labute approximate surface area is 169 Å². The van der Waals surface area contributed by atoms with Crippen molar-refractivity contribution in [2.24, 2.45) is 0 Å². The van der Waals surface area contributed by atoms with Gasteiger partial charge in [0.2, 0.25) is 0 Å². The molecule has 0 saturated heterocycles. The topological polar surface area (TPSA) is 102 Å². The van der Waals surface area contributed by atoms with E-state index in [0.717, 1.165) is 28.8 Å². The lowest BCUT2D eigenvalue weighted by Gasteiger charge is -2.17. The van der Waals surface area contributed by atoms with Gasteiger partial charge in [0, 0.05) is 42.4 Å². The maximum absolute atomic E-state index is 13.8. The Bertz CT molecular complexity index is 843. The van der Waals surface area contributed by atoms with Gasteiger partial charge in [-0.25, -0.2) is 9.82 Å². The molecular weight excluding hydrogens is 377 g/mol. The minimum atomic E-state index is -0.580. The lowest BCUT2D eigenvalue weighted by Crippen LogP contribution is -2.28. The largest absolute Gasteiger partial charge is 0.505 e. The van der Waals surface area contributed by atoms with Gasteiger partial charge in [0.1, 0.15) is 6.29 Å². The van der Waals surface area contributed by atoms with Crippen molar-refractivity contribution in [2.45, 2.75) is 26.4 Å². The van der Waals surface area contributed by atoms with E-state index in [2.05, 4.69) is 17.3 Å². The highest BCUT2D eigenvalue weighted by Crippen LogP contribution is 2.34. The van der Waals surface area contributed by atoms with E-state index in [1.165, 1.54) is 6.07 Å². The van der Waals surface area contributed by atoms with Crippen molar-refractivity contribution in [1.29, 1.82) is 0 Å². The molecule has 0 bridgehead atoms. The highest BCUT2D eigenvalue weighted by molar-refractivity contribution is 5.74. The van der Waals surface area contributed by atoms with E-state index in [-0.39, 0.29) is 12.2 Å². The zero-order valence-electron chi connectivity index (χ0n) is 16.5. The maximum Gasteiger partial charge on any atom is 0.290 e. The molecule has 0 radical (unpaired) electrons. The van der Waals surface area contributed by atoms with Gasteiger partial charge < -0.3 is 25.3 Å². The minimum Gasteiger partial charge on any atom is -0.505 e. The van der Waals surface area contributed by atoms with Crippen LogP contribution < -0.4 is 10.7 Å². The van der Waals surface area contributed by atoms with Crippen LogP contribution >= 0.6 is 0 Å². The number of aldehydes is 1. The SMILES string of the molecule is C=C1c2cccc(NCc3cccc(O)c3F)c2CN1NC.CCC=O.O=CO. The van der Waals surface area contributed by atoms with Gasteiger partial charge in [-0.3, -0.25) is 4.79 Å². The fourth-order valence-corrected chi connectivity index (χ4v) is 2.70. The van der Waals surface area contributed by atoms with Gasteiger partial charge in [-0.05, 0) is 12.1 Å². The van der Waals surface area contributed by atoms with Gasteiger partial charge in [0.25, 0.3) is 6.47 Å². The summed E-state index contributed by atoms with van der Waals surface area (Å²) in [6.45, 7) is 6.65. The van der Waals surface area contributed by atoms with Crippen LogP contribution in [-0.2, 0) is 22.7 Å². The number of carbonyl (C=O) groups excluding carboxylic acids is 1. The highest BCUT2D eigenvalue weighted by Gasteiger charge is 2.23. The van der Waals surface area contributed by atoms with Gasteiger partial charge in [-0.15, -0.1) is 0 Å². The minimum absolute atomic E-state index is 0.250. The summed E-state index contributed by atoms with van der Waals surface area (Å²) >= 11 is 0. The Morgan fingerprint density at radius 2 is 1.86 bits per heavy atom. The summed E-state index contributed by atoms with van der Waals surface area (Å²) in [4.78, 5) is 17.5. The van der Waals surface area contributed by atoms with Gasteiger partial charge >= 0.3 is 0 Å². The average Bonchev–Trinajstić information content (AvgIpc) is 3.06. The Morgan fingerprint density at radius 1 is 1.24 bits per heavy atom. The van der Waals surface area contributed by atoms with Crippen LogP contribution in [0, 0.1) is 5.82 Å². The van der Waals surface area contributed by atoms with Crippen LogP contribution in [0.3, 0.4) is 0 Å². The first-order valence-corrected chi connectivity index (χ1v) is 8.92. The number of rotatable bonds is 5. The monoisotopic (exact) mass is 403 g/mol. The van der Waals surface area contributed by atoms with E-state index in [0.29, 0.717) is 25.1 Å². The van der Waals surface area contributed by atoms with Gasteiger partial charge in [0.15, 0.2) is 11.6 Å². The third kappa shape index (κ3) is 6.32. The van der Waals surface area contributed by atoms with Crippen molar-refractivity contribution in [2.75, 3.05) is 12.4 Å². The molecule has 8 heteroatoms. The molecule has 3 rings (SSSR count). The molecule has 0 atom stereocenters. The van der Waals surface area contributed by atoms with Crippen LogP contribution in [0.1, 0.15) is 30.0 Å². The van der Waals surface area contributed by atoms with Crippen LogP contribution in [0.2, 0.25) is 0 Å². The Balaban J connectivity index is 0.000000526. The van der Waals surface area contributed by atoms with E-state index in [9.17, 15) is 14.3 Å². The number of benzene rings is 2. The molecule has 156 valence electrons. The van der Waals surface area contributed by atoms with Crippen molar-refractivity contribution in [3.63, 3.8) is 0 Å². The van der Waals surface area contributed by atoms with E-state index < -0.39 is 5.82 Å². The zero-order valence-corrected chi connectivity index (χ0v) is 16.5. The first-order chi connectivity index (χ1) is 13.9. The summed E-state index contributed by atoms with van der Waals surface area (Å²) in [6, 6.07) is 10.6. The lowest BCUT2D eigenvalue weighted by molar-refractivity contribution is -0.122. The van der Waals surface area contributed by atoms with E-state index >= 15 is 0 Å². The summed E-state index contributed by atoms with van der Waals surface area (Å²) < 4.78 is 13.8. The summed E-state index contributed by atoms with van der Waals surface area (Å²) in [5.41, 5.74) is 7.59. The summed E-state index contributed by atoms with van der Waals surface area (Å²) in [5.74, 6) is -0.906. The number of nitrogens with zero attached hydrogens (tertiary/aromatic N) is 1. The van der Waals surface area contributed by atoms with Crippen molar-refractivity contribution in [3.05, 3.63) is 65.5 Å². The van der Waals surface area contributed by atoms with E-state index in [1.807, 2.05) is 37.2 Å². The molecule has 0 aliphatic carbocycles. The van der Waals surface area contributed by atoms with Crippen LogP contribution in [0.15, 0.2) is 43.0 Å². The van der Waals surface area contributed by atoms with Crippen LogP contribution in [0.4, 0.5) is 10.1 Å². The van der Waals surface area contributed by atoms with Crippen LogP contribution in [-0.4, -0.2) is 35.0 Å². The molecule has 0 fully saturated rings. The number of phenolic OH excluding ortho intramolecular Hbond substituents is 1. The van der Waals surface area contributed by atoms with E-state index in [4.69, 9.17) is 9.90 Å². The first-order valence-electron chi connectivity index (χ1n) is 8.92. The van der Waals surface area contributed by atoms with Gasteiger partial charge in [0.05, 0.1) is 12.2 Å². The maximum atomic E-state index is 13.8. The second-order valence-corrected chi connectivity index (χ2v) is 5.87. The molecular formula is C21H26FN3O4. The Kier molecular flexibility index (Phi) is 9.90. The molecule has 2 aromatic carbocycles. The van der Waals surface area contributed by atoms with Crippen LogP contribution in [0.25, 0.3) is 5.70 Å². The van der Waals surface area contributed by atoms with Crippen molar-refractivity contribution in [1.82, 2.24) is 10.4 Å². The number of halogens is 1. The zero-order chi connectivity index (χ0) is 21.8.